The number of aliphatic carboxylic acids is 1. The number of Topliss-reactive ketones (excluding diaryl/α,β-unsaturated/α-hetero) is 1. The molecule has 0 aliphatic heterocycles. The summed E-state index contributed by atoms with van der Waals surface area (Å²) < 4.78 is 0. The van der Waals surface area contributed by atoms with E-state index < -0.39 is 28.7 Å². The van der Waals surface area contributed by atoms with Gasteiger partial charge in [-0.15, -0.1) is 0 Å². The third kappa shape index (κ3) is 3.39. The molecule has 2 unspecified atom stereocenters. The molecule has 0 aliphatic carbocycles. The molecule has 0 saturated heterocycles. The summed E-state index contributed by atoms with van der Waals surface area (Å²) in [6, 6.07) is 3.33. The van der Waals surface area contributed by atoms with Gasteiger partial charge in [-0.2, -0.15) is 0 Å². The van der Waals surface area contributed by atoms with E-state index in [-0.39, 0.29) is 16.7 Å². The van der Waals surface area contributed by atoms with Crippen LogP contribution in [0.25, 0.3) is 0 Å². The normalized spacial score (nSPS) is 13.6. The van der Waals surface area contributed by atoms with Crippen LogP contribution in [0.2, 0.25) is 0 Å². The summed E-state index contributed by atoms with van der Waals surface area (Å²) in [6.45, 7) is 1.52. The molecular weight excluding hydrogens is 320 g/mol. The molecule has 1 rings (SSSR count). The zero-order valence-electron chi connectivity index (χ0n) is 9.83. The molecule has 0 radical (unpaired) electrons. The number of benzene rings is 1. The Labute approximate surface area is 116 Å². The van der Waals surface area contributed by atoms with Crippen molar-refractivity contribution in [2.45, 2.75) is 17.9 Å². The molecule has 0 heterocycles. The van der Waals surface area contributed by atoms with Gasteiger partial charge in [-0.05, 0) is 19.1 Å². The first-order chi connectivity index (χ1) is 8.75. The molecule has 6 nitrogen and oxygen atoms in total. The highest BCUT2D eigenvalue weighted by Crippen LogP contribution is 2.23. The van der Waals surface area contributed by atoms with Gasteiger partial charge in [-0.1, -0.05) is 22.0 Å². The number of rotatable bonds is 5. The van der Waals surface area contributed by atoms with Crippen molar-refractivity contribution < 1.29 is 29.7 Å². The number of hydrogen-bond donors (Lipinski definition) is 3. The Hall–Kier alpha value is -1.73. The predicted octanol–water partition coefficient (Wildman–Crippen LogP) is 1.47. The third-order valence-electron chi connectivity index (χ3n) is 2.46. The molecule has 3 N–H and O–H groups in total. The van der Waals surface area contributed by atoms with E-state index in [1.54, 1.807) is 0 Å². The van der Waals surface area contributed by atoms with Gasteiger partial charge >= 0.3 is 11.9 Å². The van der Waals surface area contributed by atoms with E-state index in [2.05, 4.69) is 15.9 Å². The van der Waals surface area contributed by atoms with Gasteiger partial charge in [-0.25, -0.2) is 9.59 Å². The van der Waals surface area contributed by atoms with Gasteiger partial charge in [0.05, 0.1) is 10.4 Å². The monoisotopic (exact) mass is 330 g/mol. The van der Waals surface area contributed by atoms with Gasteiger partial charge in [0.1, 0.15) is 0 Å². The predicted molar refractivity (Wildman–Crippen MR) is 68.7 cm³/mol. The number of aliphatic hydroxyl groups excluding tert-OH is 1. The minimum atomic E-state index is -1.88. The van der Waals surface area contributed by atoms with Crippen LogP contribution in [-0.2, 0) is 4.79 Å². The Bertz CT molecular complexity index is 537. The summed E-state index contributed by atoms with van der Waals surface area (Å²) >= 11 is 3.03. The molecule has 0 fully saturated rings. The van der Waals surface area contributed by atoms with Crippen molar-refractivity contribution >= 4 is 33.7 Å². The van der Waals surface area contributed by atoms with Gasteiger partial charge in [-0.3, -0.25) is 4.79 Å². The summed E-state index contributed by atoms with van der Waals surface area (Å²) in [5.41, 5.74) is -0.411. The number of carboxylic acid groups (broad SMARTS) is 2. The Morgan fingerprint density at radius 1 is 1.21 bits per heavy atom. The number of carbonyl (C=O) groups is 3. The molecule has 1 aromatic carbocycles. The van der Waals surface area contributed by atoms with Gasteiger partial charge in [0.25, 0.3) is 0 Å². The average Bonchev–Trinajstić information content (AvgIpc) is 2.35. The quantitative estimate of drug-likeness (QED) is 0.556. The molecule has 0 spiro atoms. The minimum Gasteiger partial charge on any atom is -0.479 e. The van der Waals surface area contributed by atoms with Gasteiger partial charge in [0.2, 0.25) is 0 Å². The van der Waals surface area contributed by atoms with Crippen molar-refractivity contribution in [3.63, 3.8) is 0 Å². The smallest absolute Gasteiger partial charge is 0.337 e. The van der Waals surface area contributed by atoms with E-state index in [0.29, 0.717) is 0 Å². The number of halogens is 1. The highest BCUT2D eigenvalue weighted by atomic mass is 79.9. The highest BCUT2D eigenvalue weighted by molar-refractivity contribution is 9.10. The lowest BCUT2D eigenvalue weighted by atomic mass is 9.95. The van der Waals surface area contributed by atoms with E-state index in [4.69, 9.17) is 10.2 Å². The topological polar surface area (TPSA) is 112 Å². The first-order valence-corrected chi connectivity index (χ1v) is 6.13. The Kier molecular flexibility index (Phi) is 4.79. The molecular formula is C12H11BrO6. The molecule has 1 aromatic rings. The van der Waals surface area contributed by atoms with Gasteiger partial charge in [0, 0.05) is 11.1 Å². The summed E-state index contributed by atoms with van der Waals surface area (Å²) in [4.78, 5) is 32.9. The van der Waals surface area contributed by atoms with Gasteiger partial charge < -0.3 is 15.3 Å². The van der Waals surface area contributed by atoms with Crippen LogP contribution in [0, 0.1) is 0 Å². The highest BCUT2D eigenvalue weighted by Gasteiger charge is 2.25. The van der Waals surface area contributed by atoms with Crippen LogP contribution >= 0.6 is 15.9 Å². The van der Waals surface area contributed by atoms with E-state index in [9.17, 15) is 19.5 Å². The molecule has 7 heteroatoms. The zero-order valence-corrected chi connectivity index (χ0v) is 11.4. The van der Waals surface area contributed by atoms with Crippen molar-refractivity contribution in [2.75, 3.05) is 0 Å². The maximum atomic E-state index is 11.9. The number of aliphatic hydroxyl groups is 1. The van der Waals surface area contributed by atoms with Crippen LogP contribution in [0.5, 0.6) is 0 Å². The number of hydrogen-bond acceptors (Lipinski definition) is 4. The first kappa shape index (κ1) is 15.3. The van der Waals surface area contributed by atoms with E-state index in [1.807, 2.05) is 0 Å². The molecule has 2 atom stereocenters. The number of ketones is 1. The van der Waals surface area contributed by atoms with Crippen LogP contribution in [0.4, 0.5) is 0 Å². The number of alkyl halides is 1. The Morgan fingerprint density at radius 2 is 1.79 bits per heavy atom. The molecule has 0 amide bonds. The van der Waals surface area contributed by atoms with Crippen LogP contribution in [-0.4, -0.2) is 37.9 Å². The van der Waals surface area contributed by atoms with Crippen molar-refractivity contribution in [3.05, 3.63) is 34.9 Å². The van der Waals surface area contributed by atoms with Crippen molar-refractivity contribution in [2.24, 2.45) is 0 Å². The van der Waals surface area contributed by atoms with E-state index in [0.717, 1.165) is 18.2 Å². The molecule has 0 aliphatic rings. The summed E-state index contributed by atoms with van der Waals surface area (Å²) in [5, 5.41) is 27.2. The van der Waals surface area contributed by atoms with E-state index >= 15 is 0 Å². The number of aromatic carboxylic acids is 1. The number of carboxylic acids is 2. The fraction of sp³-hybridized carbons (Fsp3) is 0.250. The molecule has 0 aromatic heterocycles. The maximum absolute atomic E-state index is 11.9. The Balaban J connectivity index is 3.42. The van der Waals surface area contributed by atoms with E-state index in [1.165, 1.54) is 6.92 Å². The zero-order chi connectivity index (χ0) is 14.7. The summed E-state index contributed by atoms with van der Waals surface area (Å²) in [5.74, 6) is -3.26. The van der Waals surface area contributed by atoms with Gasteiger partial charge in [0.15, 0.2) is 11.9 Å². The van der Waals surface area contributed by atoms with Crippen LogP contribution in [0.15, 0.2) is 18.2 Å². The third-order valence-corrected chi connectivity index (χ3v) is 2.87. The van der Waals surface area contributed by atoms with Crippen molar-refractivity contribution in [1.82, 2.24) is 0 Å². The molecule has 0 saturated carbocycles. The lowest BCUT2D eigenvalue weighted by Crippen LogP contribution is -2.19. The largest absolute Gasteiger partial charge is 0.479 e. The lowest BCUT2D eigenvalue weighted by Gasteiger charge is -2.13. The standard InChI is InChI=1S/C12H11BrO6/c1-5(13)9(14)8-4-6(11(16)17)2-3-7(8)10(15)12(18)19/h2-5,10,15H,1H3,(H,16,17)(H,18,19). The first-order valence-electron chi connectivity index (χ1n) is 5.22. The summed E-state index contributed by atoms with van der Waals surface area (Å²) in [7, 11) is 0. The van der Waals surface area contributed by atoms with Crippen LogP contribution < -0.4 is 0 Å². The summed E-state index contributed by atoms with van der Waals surface area (Å²) in [6.07, 6.45) is -1.88. The van der Waals surface area contributed by atoms with Crippen LogP contribution in [0.1, 0.15) is 39.3 Å². The lowest BCUT2D eigenvalue weighted by molar-refractivity contribution is -0.146. The molecule has 102 valence electrons. The average molecular weight is 331 g/mol. The second-order valence-corrected chi connectivity index (χ2v) is 5.20. The second kappa shape index (κ2) is 5.94. The fourth-order valence-corrected chi connectivity index (χ4v) is 1.74. The SMILES string of the molecule is CC(Br)C(=O)c1cc(C(=O)O)ccc1C(O)C(=O)O. The molecule has 19 heavy (non-hydrogen) atoms. The second-order valence-electron chi connectivity index (χ2n) is 3.83. The Morgan fingerprint density at radius 3 is 2.21 bits per heavy atom. The molecule has 0 bridgehead atoms. The maximum Gasteiger partial charge on any atom is 0.337 e. The number of carbonyl (C=O) groups excluding carboxylic acids is 1. The van der Waals surface area contributed by atoms with Crippen molar-refractivity contribution in [1.29, 1.82) is 0 Å². The van der Waals surface area contributed by atoms with Crippen molar-refractivity contribution in [3.8, 4) is 0 Å². The minimum absolute atomic E-state index is 0.126. The van der Waals surface area contributed by atoms with Crippen LogP contribution in [0.3, 0.4) is 0 Å². The fourth-order valence-electron chi connectivity index (χ4n) is 1.49.